The quantitative estimate of drug-likeness (QED) is 0.570. The van der Waals surface area contributed by atoms with E-state index in [2.05, 4.69) is 5.32 Å². The van der Waals surface area contributed by atoms with E-state index in [0.717, 1.165) is 12.1 Å². The number of alkyl halides is 3. The van der Waals surface area contributed by atoms with Gasteiger partial charge in [-0.1, -0.05) is 36.4 Å². The Hall–Kier alpha value is -3.36. The molecule has 9 heteroatoms. The molecule has 3 N–H and O–H groups in total. The lowest BCUT2D eigenvalue weighted by molar-refractivity contribution is -0.140. The smallest absolute Gasteiger partial charge is 0.416 e. The van der Waals surface area contributed by atoms with Crippen molar-refractivity contribution >= 4 is 17.8 Å². The molecular weight excluding hydrogens is 403 g/mol. The second kappa shape index (κ2) is 9.91. The standard InChI is InChI=1S/C21H20F3NO5/c22-21(23,24)16-3-1-2-15(11-16)14-6-4-13(5-7-14)10-17(12-20(29)30)25-18(26)8-9-19(27)28/h1-7,11,17H,8-10,12H2,(H,25,26)(H,27,28)(H,29,30)/t17-/m1/s1. The molecule has 0 bridgehead atoms. The number of hydrogen-bond donors (Lipinski definition) is 3. The van der Waals surface area contributed by atoms with Gasteiger partial charge in [-0.25, -0.2) is 0 Å². The van der Waals surface area contributed by atoms with Crippen molar-refractivity contribution in [2.24, 2.45) is 0 Å². The normalized spacial score (nSPS) is 12.2. The molecule has 2 aromatic rings. The van der Waals surface area contributed by atoms with Gasteiger partial charge in [-0.2, -0.15) is 13.2 Å². The second-order valence-corrected chi connectivity index (χ2v) is 6.74. The van der Waals surface area contributed by atoms with Crippen LogP contribution in [0, 0.1) is 0 Å². The van der Waals surface area contributed by atoms with E-state index < -0.39 is 35.6 Å². The van der Waals surface area contributed by atoms with Crippen LogP contribution in [0.1, 0.15) is 30.4 Å². The first-order valence-electron chi connectivity index (χ1n) is 9.04. The Morgan fingerprint density at radius 2 is 1.57 bits per heavy atom. The maximum atomic E-state index is 12.9. The van der Waals surface area contributed by atoms with Gasteiger partial charge in [0.25, 0.3) is 0 Å². The minimum absolute atomic E-state index is 0.175. The molecule has 160 valence electrons. The summed E-state index contributed by atoms with van der Waals surface area (Å²) >= 11 is 0. The summed E-state index contributed by atoms with van der Waals surface area (Å²) in [7, 11) is 0. The number of benzene rings is 2. The van der Waals surface area contributed by atoms with Crippen LogP contribution in [-0.2, 0) is 27.0 Å². The lowest BCUT2D eigenvalue weighted by atomic mass is 9.98. The van der Waals surface area contributed by atoms with Crippen molar-refractivity contribution in [2.75, 3.05) is 0 Å². The van der Waals surface area contributed by atoms with Crippen LogP contribution in [0.3, 0.4) is 0 Å². The van der Waals surface area contributed by atoms with Crippen LogP contribution >= 0.6 is 0 Å². The summed E-state index contributed by atoms with van der Waals surface area (Å²) in [6, 6.07) is 10.7. The maximum absolute atomic E-state index is 12.9. The molecule has 0 aliphatic carbocycles. The van der Waals surface area contributed by atoms with Crippen LogP contribution in [-0.4, -0.2) is 34.1 Å². The molecule has 1 atom stereocenters. The summed E-state index contributed by atoms with van der Waals surface area (Å²) in [4.78, 5) is 33.4. The maximum Gasteiger partial charge on any atom is 0.416 e. The van der Waals surface area contributed by atoms with Crippen LogP contribution < -0.4 is 5.32 Å². The van der Waals surface area contributed by atoms with Crippen molar-refractivity contribution in [3.63, 3.8) is 0 Å². The largest absolute Gasteiger partial charge is 0.481 e. The summed E-state index contributed by atoms with van der Waals surface area (Å²) in [6.07, 6.45) is -5.25. The lowest BCUT2D eigenvalue weighted by Gasteiger charge is -2.17. The molecule has 0 aromatic heterocycles. The first kappa shape index (κ1) is 22.9. The summed E-state index contributed by atoms with van der Waals surface area (Å²) in [6.45, 7) is 0. The zero-order valence-corrected chi connectivity index (χ0v) is 15.8. The predicted octanol–water partition coefficient (Wildman–Crippen LogP) is 3.74. The number of carbonyl (C=O) groups is 3. The Balaban J connectivity index is 2.10. The van der Waals surface area contributed by atoms with Gasteiger partial charge in [0.2, 0.25) is 5.91 Å². The van der Waals surface area contributed by atoms with Gasteiger partial charge in [-0.3, -0.25) is 14.4 Å². The van der Waals surface area contributed by atoms with Crippen molar-refractivity contribution in [3.05, 3.63) is 59.7 Å². The second-order valence-electron chi connectivity index (χ2n) is 6.74. The molecular formula is C21H20F3NO5. The van der Waals surface area contributed by atoms with Crippen molar-refractivity contribution in [1.82, 2.24) is 5.32 Å². The SMILES string of the molecule is O=C(O)CCC(=O)N[C@@H](CC(=O)O)Cc1ccc(-c2cccc(C(F)(F)F)c2)cc1. The number of halogens is 3. The summed E-state index contributed by atoms with van der Waals surface area (Å²) in [5.74, 6) is -2.83. The van der Waals surface area contributed by atoms with Gasteiger partial charge in [-0.15, -0.1) is 0 Å². The number of carbonyl (C=O) groups excluding carboxylic acids is 1. The Labute approximate surface area is 170 Å². The van der Waals surface area contributed by atoms with Crippen molar-refractivity contribution in [2.45, 2.75) is 37.9 Å². The van der Waals surface area contributed by atoms with E-state index in [1.165, 1.54) is 6.07 Å². The molecule has 2 aromatic carbocycles. The number of carboxylic acid groups (broad SMARTS) is 2. The van der Waals surface area contributed by atoms with Crippen LogP contribution in [0.15, 0.2) is 48.5 Å². The van der Waals surface area contributed by atoms with Crippen LogP contribution in [0.2, 0.25) is 0 Å². The lowest BCUT2D eigenvalue weighted by Crippen LogP contribution is -2.38. The summed E-state index contributed by atoms with van der Waals surface area (Å²) in [5, 5.41) is 20.2. The van der Waals surface area contributed by atoms with Crippen molar-refractivity contribution < 1.29 is 37.8 Å². The first-order chi connectivity index (χ1) is 14.0. The van der Waals surface area contributed by atoms with E-state index in [-0.39, 0.29) is 25.7 Å². The molecule has 0 aliphatic rings. The highest BCUT2D eigenvalue weighted by molar-refractivity contribution is 5.81. The van der Waals surface area contributed by atoms with Gasteiger partial charge in [0.1, 0.15) is 0 Å². The zero-order chi connectivity index (χ0) is 22.3. The number of amides is 1. The highest BCUT2D eigenvalue weighted by atomic mass is 19.4. The minimum Gasteiger partial charge on any atom is -0.481 e. The van der Waals surface area contributed by atoms with Gasteiger partial charge in [0.05, 0.1) is 18.4 Å². The molecule has 0 heterocycles. The summed E-state index contributed by atoms with van der Waals surface area (Å²) < 4.78 is 38.7. The van der Waals surface area contributed by atoms with E-state index in [4.69, 9.17) is 10.2 Å². The molecule has 0 saturated heterocycles. The Morgan fingerprint density at radius 3 is 2.13 bits per heavy atom. The first-order valence-corrected chi connectivity index (χ1v) is 9.04. The van der Waals surface area contributed by atoms with Gasteiger partial charge in [0.15, 0.2) is 0 Å². The predicted molar refractivity (Wildman–Crippen MR) is 102 cm³/mol. The third-order valence-electron chi connectivity index (χ3n) is 4.31. The van der Waals surface area contributed by atoms with Crippen molar-refractivity contribution in [3.8, 4) is 11.1 Å². The number of hydrogen-bond acceptors (Lipinski definition) is 3. The van der Waals surface area contributed by atoms with Gasteiger partial charge >= 0.3 is 18.1 Å². The van der Waals surface area contributed by atoms with Gasteiger partial charge in [-0.05, 0) is 35.2 Å². The number of rotatable bonds is 9. The fraction of sp³-hybridized carbons (Fsp3) is 0.286. The molecule has 0 saturated carbocycles. The molecule has 0 unspecified atom stereocenters. The Morgan fingerprint density at radius 1 is 0.900 bits per heavy atom. The molecule has 0 spiro atoms. The minimum atomic E-state index is -4.45. The molecule has 0 fully saturated rings. The van der Waals surface area contributed by atoms with E-state index in [1.807, 2.05) is 0 Å². The Kier molecular flexibility index (Phi) is 7.57. The molecule has 2 rings (SSSR count). The van der Waals surface area contributed by atoms with Crippen LogP contribution in [0.25, 0.3) is 11.1 Å². The van der Waals surface area contributed by atoms with E-state index in [0.29, 0.717) is 16.7 Å². The van der Waals surface area contributed by atoms with E-state index >= 15 is 0 Å². The zero-order valence-electron chi connectivity index (χ0n) is 15.8. The van der Waals surface area contributed by atoms with Gasteiger partial charge < -0.3 is 15.5 Å². The van der Waals surface area contributed by atoms with Gasteiger partial charge in [0, 0.05) is 12.5 Å². The number of aliphatic carboxylic acids is 2. The fourth-order valence-corrected chi connectivity index (χ4v) is 2.90. The molecule has 30 heavy (non-hydrogen) atoms. The van der Waals surface area contributed by atoms with Crippen LogP contribution in [0.4, 0.5) is 13.2 Å². The highest BCUT2D eigenvalue weighted by Crippen LogP contribution is 2.32. The molecule has 0 radical (unpaired) electrons. The fourth-order valence-electron chi connectivity index (χ4n) is 2.90. The average Bonchev–Trinajstić information content (AvgIpc) is 2.66. The highest BCUT2D eigenvalue weighted by Gasteiger charge is 2.30. The molecule has 0 aliphatic heterocycles. The number of carboxylic acids is 2. The third-order valence-corrected chi connectivity index (χ3v) is 4.31. The van der Waals surface area contributed by atoms with E-state index in [1.54, 1.807) is 30.3 Å². The average molecular weight is 423 g/mol. The van der Waals surface area contributed by atoms with Crippen molar-refractivity contribution in [1.29, 1.82) is 0 Å². The Bertz CT molecular complexity index is 910. The monoisotopic (exact) mass is 423 g/mol. The topological polar surface area (TPSA) is 104 Å². The number of nitrogens with one attached hydrogen (secondary N) is 1. The third kappa shape index (κ3) is 7.23. The molecule has 1 amide bonds. The summed E-state index contributed by atoms with van der Waals surface area (Å²) in [5.41, 5.74) is 0.871. The van der Waals surface area contributed by atoms with E-state index in [9.17, 15) is 27.6 Å². The van der Waals surface area contributed by atoms with Crippen LogP contribution in [0.5, 0.6) is 0 Å². The molecule has 6 nitrogen and oxygen atoms in total.